The Hall–Kier alpha value is -3.12. The highest BCUT2D eigenvalue weighted by atomic mass is 16.5. The summed E-state index contributed by atoms with van der Waals surface area (Å²) < 4.78 is 10.9. The van der Waals surface area contributed by atoms with Gasteiger partial charge >= 0.3 is 0 Å². The zero-order valence-corrected chi connectivity index (χ0v) is 17.0. The zero-order chi connectivity index (χ0) is 20.4. The third-order valence-electron chi connectivity index (χ3n) is 5.36. The molecule has 1 aliphatic rings. The Morgan fingerprint density at radius 2 is 1.90 bits per heavy atom. The van der Waals surface area contributed by atoms with Crippen molar-refractivity contribution in [2.24, 2.45) is 0 Å². The largest absolute Gasteiger partial charge is 0.497 e. The summed E-state index contributed by atoms with van der Waals surface area (Å²) in [6.45, 7) is 4.16. The van der Waals surface area contributed by atoms with Gasteiger partial charge in [-0.15, -0.1) is 0 Å². The van der Waals surface area contributed by atoms with E-state index in [1.54, 1.807) is 14.2 Å². The minimum Gasteiger partial charge on any atom is -0.497 e. The van der Waals surface area contributed by atoms with Gasteiger partial charge < -0.3 is 14.5 Å². The van der Waals surface area contributed by atoms with Crippen molar-refractivity contribution in [3.05, 3.63) is 75.2 Å². The minimum absolute atomic E-state index is 0.0378. The Morgan fingerprint density at radius 3 is 2.62 bits per heavy atom. The number of aryl methyl sites for hydroxylation is 1. The van der Waals surface area contributed by atoms with Crippen molar-refractivity contribution in [2.45, 2.75) is 26.4 Å². The Balaban J connectivity index is 1.61. The first-order chi connectivity index (χ1) is 14.1. The summed E-state index contributed by atoms with van der Waals surface area (Å²) in [4.78, 5) is 22.6. The molecule has 2 aromatic carbocycles. The fourth-order valence-corrected chi connectivity index (χ4v) is 3.72. The highest BCUT2D eigenvalue weighted by molar-refractivity contribution is 5.55. The number of aromatic amines is 1. The molecule has 2 heterocycles. The topological polar surface area (TPSA) is 67.5 Å². The van der Waals surface area contributed by atoms with Crippen LogP contribution >= 0.6 is 0 Å². The minimum atomic E-state index is -0.0378. The molecule has 150 valence electrons. The Morgan fingerprint density at radius 1 is 1.10 bits per heavy atom. The summed E-state index contributed by atoms with van der Waals surface area (Å²) in [5, 5.41) is 0. The van der Waals surface area contributed by atoms with E-state index in [0.29, 0.717) is 25.3 Å². The van der Waals surface area contributed by atoms with Gasteiger partial charge in [-0.2, -0.15) is 0 Å². The van der Waals surface area contributed by atoms with Crippen molar-refractivity contribution in [3.63, 3.8) is 0 Å². The van der Waals surface area contributed by atoms with Crippen molar-refractivity contribution in [2.75, 3.05) is 20.8 Å². The first kappa shape index (κ1) is 19.2. The quantitative estimate of drug-likeness (QED) is 0.723. The second-order valence-electron chi connectivity index (χ2n) is 7.34. The molecule has 3 aromatic rings. The van der Waals surface area contributed by atoms with E-state index in [0.717, 1.165) is 40.4 Å². The van der Waals surface area contributed by atoms with Crippen LogP contribution in [0.1, 0.15) is 22.4 Å². The molecule has 0 bridgehead atoms. The molecule has 6 nitrogen and oxygen atoms in total. The predicted octanol–water partition coefficient (Wildman–Crippen LogP) is 3.32. The van der Waals surface area contributed by atoms with Crippen LogP contribution in [0.4, 0.5) is 0 Å². The molecule has 0 atom stereocenters. The third-order valence-corrected chi connectivity index (χ3v) is 5.36. The highest BCUT2D eigenvalue weighted by Crippen LogP contribution is 2.27. The molecule has 0 saturated heterocycles. The maximum Gasteiger partial charge on any atom is 0.254 e. The lowest BCUT2D eigenvalue weighted by Gasteiger charge is -2.28. The second-order valence-corrected chi connectivity index (χ2v) is 7.34. The molecule has 0 amide bonds. The summed E-state index contributed by atoms with van der Waals surface area (Å²) in [7, 11) is 3.33. The van der Waals surface area contributed by atoms with Crippen LogP contribution in [0.5, 0.6) is 11.5 Å². The molecule has 0 radical (unpaired) electrons. The molecule has 1 aromatic heterocycles. The second kappa shape index (κ2) is 8.09. The van der Waals surface area contributed by atoms with Crippen LogP contribution in [0.25, 0.3) is 11.4 Å². The van der Waals surface area contributed by atoms with Crippen LogP contribution in [0.3, 0.4) is 0 Å². The van der Waals surface area contributed by atoms with E-state index in [1.165, 1.54) is 5.56 Å². The van der Waals surface area contributed by atoms with Gasteiger partial charge in [0.1, 0.15) is 17.3 Å². The van der Waals surface area contributed by atoms with Crippen LogP contribution in [-0.2, 0) is 19.5 Å². The maximum absolute atomic E-state index is 12.6. The van der Waals surface area contributed by atoms with E-state index >= 15 is 0 Å². The Bertz CT molecular complexity index is 1070. The van der Waals surface area contributed by atoms with Gasteiger partial charge in [0.05, 0.1) is 19.9 Å². The van der Waals surface area contributed by atoms with E-state index in [1.807, 2.05) is 49.4 Å². The van der Waals surface area contributed by atoms with Crippen LogP contribution < -0.4 is 15.0 Å². The fraction of sp³-hybridized carbons (Fsp3) is 0.304. The molecular weight excluding hydrogens is 366 g/mol. The van der Waals surface area contributed by atoms with Crippen LogP contribution in [0.2, 0.25) is 0 Å². The van der Waals surface area contributed by atoms with E-state index < -0.39 is 0 Å². The summed E-state index contributed by atoms with van der Waals surface area (Å²) in [6, 6.07) is 13.8. The molecule has 6 heteroatoms. The van der Waals surface area contributed by atoms with Gasteiger partial charge in [0.15, 0.2) is 0 Å². The molecule has 29 heavy (non-hydrogen) atoms. The summed E-state index contributed by atoms with van der Waals surface area (Å²) in [5.41, 5.74) is 4.74. The SMILES string of the molecule is COc1ccc(OC)c(CN2CCc3c(nc(-c4ccc(C)cc4)[nH]c3=O)C2)c1. The average molecular weight is 391 g/mol. The van der Waals surface area contributed by atoms with Gasteiger partial charge in [0, 0.05) is 36.3 Å². The molecule has 0 fully saturated rings. The van der Waals surface area contributed by atoms with Crippen molar-refractivity contribution in [3.8, 4) is 22.9 Å². The van der Waals surface area contributed by atoms with Crippen molar-refractivity contribution in [1.29, 1.82) is 0 Å². The van der Waals surface area contributed by atoms with Gasteiger partial charge in [-0.05, 0) is 31.5 Å². The lowest BCUT2D eigenvalue weighted by Crippen LogP contribution is -2.35. The number of methoxy groups -OCH3 is 2. The van der Waals surface area contributed by atoms with E-state index in [4.69, 9.17) is 14.5 Å². The number of aromatic nitrogens is 2. The molecule has 0 saturated carbocycles. The molecule has 4 rings (SSSR count). The van der Waals surface area contributed by atoms with Gasteiger partial charge in [-0.25, -0.2) is 4.98 Å². The van der Waals surface area contributed by atoms with Crippen molar-refractivity contribution in [1.82, 2.24) is 14.9 Å². The zero-order valence-electron chi connectivity index (χ0n) is 17.0. The Labute approximate surface area is 170 Å². The molecule has 0 unspecified atom stereocenters. The number of ether oxygens (including phenoxy) is 2. The van der Waals surface area contributed by atoms with Gasteiger partial charge in [-0.1, -0.05) is 29.8 Å². The number of nitrogens with one attached hydrogen (secondary N) is 1. The number of H-pyrrole nitrogens is 1. The average Bonchev–Trinajstić information content (AvgIpc) is 2.74. The normalized spacial score (nSPS) is 13.8. The predicted molar refractivity (Wildman–Crippen MR) is 112 cm³/mol. The summed E-state index contributed by atoms with van der Waals surface area (Å²) in [5.74, 6) is 2.25. The molecule has 0 aliphatic carbocycles. The van der Waals surface area contributed by atoms with Crippen LogP contribution in [0, 0.1) is 6.92 Å². The van der Waals surface area contributed by atoms with E-state index in [2.05, 4.69) is 9.88 Å². The first-order valence-electron chi connectivity index (χ1n) is 9.69. The fourth-order valence-electron chi connectivity index (χ4n) is 3.72. The van der Waals surface area contributed by atoms with Gasteiger partial charge in [-0.3, -0.25) is 9.69 Å². The summed E-state index contributed by atoms with van der Waals surface area (Å²) in [6.07, 6.45) is 0.679. The molecule has 1 N–H and O–H groups in total. The maximum atomic E-state index is 12.6. The van der Waals surface area contributed by atoms with Crippen molar-refractivity contribution < 1.29 is 9.47 Å². The number of hydrogen-bond donors (Lipinski definition) is 1. The standard InChI is InChI=1S/C23H25N3O3/c1-15-4-6-16(7-5-15)22-24-20-14-26(11-10-19(20)23(27)25-22)13-17-12-18(28-2)8-9-21(17)29-3/h4-9,12H,10-11,13-14H2,1-3H3,(H,24,25,27). The number of fused-ring (bicyclic) bond motifs is 1. The summed E-state index contributed by atoms with van der Waals surface area (Å²) >= 11 is 0. The molecular formula is C23H25N3O3. The first-order valence-corrected chi connectivity index (χ1v) is 9.69. The number of benzene rings is 2. The number of nitrogens with zero attached hydrogens (tertiary/aromatic N) is 2. The lowest BCUT2D eigenvalue weighted by atomic mass is 10.0. The number of rotatable bonds is 5. The van der Waals surface area contributed by atoms with E-state index in [9.17, 15) is 4.79 Å². The van der Waals surface area contributed by atoms with Crippen molar-refractivity contribution >= 4 is 0 Å². The lowest BCUT2D eigenvalue weighted by molar-refractivity contribution is 0.236. The number of hydrogen-bond acceptors (Lipinski definition) is 5. The monoisotopic (exact) mass is 391 g/mol. The Kier molecular flexibility index (Phi) is 5.36. The van der Waals surface area contributed by atoms with Crippen LogP contribution in [0.15, 0.2) is 47.3 Å². The highest BCUT2D eigenvalue weighted by Gasteiger charge is 2.22. The van der Waals surface area contributed by atoms with E-state index in [-0.39, 0.29) is 5.56 Å². The smallest absolute Gasteiger partial charge is 0.254 e. The van der Waals surface area contributed by atoms with Gasteiger partial charge in [0.2, 0.25) is 0 Å². The van der Waals surface area contributed by atoms with Gasteiger partial charge in [0.25, 0.3) is 5.56 Å². The molecule has 1 aliphatic heterocycles. The molecule has 0 spiro atoms. The van der Waals surface area contributed by atoms with Crippen LogP contribution in [-0.4, -0.2) is 35.6 Å². The third kappa shape index (κ3) is 4.03.